The van der Waals surface area contributed by atoms with Crippen molar-refractivity contribution in [2.45, 2.75) is 9.79 Å². The van der Waals surface area contributed by atoms with Crippen LogP contribution in [-0.2, 0) is 0 Å². The molecule has 0 aliphatic rings. The maximum Gasteiger partial charge on any atom is 0.248 e. The van der Waals surface area contributed by atoms with Crippen molar-refractivity contribution in [3.05, 3.63) is 52.0 Å². The predicted molar refractivity (Wildman–Crippen MR) is 80.0 cm³/mol. The van der Waals surface area contributed by atoms with Crippen LogP contribution in [0.4, 0.5) is 5.69 Å². The molecule has 0 heterocycles. The molecule has 0 spiro atoms. The van der Waals surface area contributed by atoms with Gasteiger partial charge in [0, 0.05) is 21.0 Å². The molecule has 0 saturated carbocycles. The van der Waals surface area contributed by atoms with Crippen molar-refractivity contribution in [3.8, 4) is 0 Å². The molecular weight excluding hydrogens is 303 g/mol. The van der Waals surface area contributed by atoms with E-state index in [1.807, 2.05) is 6.07 Å². The molecule has 0 bridgehead atoms. The Labute approximate surface area is 124 Å². The minimum absolute atomic E-state index is 0.385. The molecule has 98 valence electrons. The van der Waals surface area contributed by atoms with Crippen LogP contribution in [0.2, 0.25) is 10.0 Å². The first-order valence-electron chi connectivity index (χ1n) is 5.29. The van der Waals surface area contributed by atoms with Gasteiger partial charge in [-0.3, -0.25) is 4.79 Å². The third kappa shape index (κ3) is 3.35. The van der Waals surface area contributed by atoms with Gasteiger partial charge >= 0.3 is 0 Å². The van der Waals surface area contributed by atoms with Crippen LogP contribution in [-0.4, -0.2) is 5.91 Å². The number of primary amides is 1. The van der Waals surface area contributed by atoms with Gasteiger partial charge in [-0.05, 0) is 36.4 Å². The average molecular weight is 313 g/mol. The number of rotatable bonds is 3. The summed E-state index contributed by atoms with van der Waals surface area (Å²) < 4.78 is 0. The largest absolute Gasteiger partial charge is 0.398 e. The molecular formula is C13H10Cl2N2OS. The quantitative estimate of drug-likeness (QED) is 0.846. The molecule has 0 saturated heterocycles. The van der Waals surface area contributed by atoms with E-state index in [-0.39, 0.29) is 0 Å². The van der Waals surface area contributed by atoms with Crippen molar-refractivity contribution in [2.24, 2.45) is 5.73 Å². The van der Waals surface area contributed by atoms with Gasteiger partial charge in [0.1, 0.15) is 0 Å². The molecule has 2 aromatic carbocycles. The van der Waals surface area contributed by atoms with Crippen LogP contribution in [0.25, 0.3) is 0 Å². The first-order chi connectivity index (χ1) is 8.97. The number of benzene rings is 2. The lowest BCUT2D eigenvalue weighted by Gasteiger charge is -2.07. The van der Waals surface area contributed by atoms with Crippen LogP contribution in [0.5, 0.6) is 0 Å². The highest BCUT2D eigenvalue weighted by molar-refractivity contribution is 7.99. The summed E-state index contributed by atoms with van der Waals surface area (Å²) in [6, 6.07) is 10.3. The molecule has 2 rings (SSSR count). The van der Waals surface area contributed by atoms with Gasteiger partial charge in [-0.2, -0.15) is 0 Å². The predicted octanol–water partition coefficient (Wildman–Crippen LogP) is 3.83. The number of anilines is 1. The van der Waals surface area contributed by atoms with Crippen LogP contribution in [0.3, 0.4) is 0 Å². The summed E-state index contributed by atoms with van der Waals surface area (Å²) in [5.74, 6) is -0.502. The molecule has 1 amide bonds. The Hall–Kier alpha value is -1.36. The van der Waals surface area contributed by atoms with E-state index < -0.39 is 5.91 Å². The second-order valence-corrected chi connectivity index (χ2v) is 5.72. The van der Waals surface area contributed by atoms with Gasteiger partial charge in [0.25, 0.3) is 0 Å². The fraction of sp³-hybridized carbons (Fsp3) is 0. The highest BCUT2D eigenvalue weighted by Gasteiger charge is 2.07. The van der Waals surface area contributed by atoms with E-state index in [9.17, 15) is 4.79 Å². The van der Waals surface area contributed by atoms with Gasteiger partial charge in [0.05, 0.1) is 10.0 Å². The summed E-state index contributed by atoms with van der Waals surface area (Å²) in [4.78, 5) is 12.8. The van der Waals surface area contributed by atoms with Crippen LogP contribution >= 0.6 is 35.0 Å². The monoisotopic (exact) mass is 312 g/mol. The summed E-state index contributed by atoms with van der Waals surface area (Å²) >= 11 is 13.2. The average Bonchev–Trinajstić information content (AvgIpc) is 2.36. The highest BCUT2D eigenvalue weighted by atomic mass is 35.5. The molecule has 3 nitrogen and oxygen atoms in total. The molecule has 0 atom stereocenters. The Balaban J connectivity index is 2.28. The van der Waals surface area contributed by atoms with Crippen LogP contribution in [0, 0.1) is 0 Å². The van der Waals surface area contributed by atoms with Crippen molar-refractivity contribution in [3.63, 3.8) is 0 Å². The number of hydrogen-bond donors (Lipinski definition) is 2. The van der Waals surface area contributed by atoms with Gasteiger partial charge < -0.3 is 11.5 Å². The summed E-state index contributed by atoms with van der Waals surface area (Å²) in [6.07, 6.45) is 0. The third-order valence-corrected chi connectivity index (χ3v) is 4.23. The number of hydrogen-bond acceptors (Lipinski definition) is 3. The minimum atomic E-state index is -0.502. The number of nitrogen functional groups attached to an aromatic ring is 1. The zero-order valence-electron chi connectivity index (χ0n) is 9.69. The maximum atomic E-state index is 11.0. The molecule has 0 fully saturated rings. The lowest BCUT2D eigenvalue weighted by molar-refractivity contribution is 0.100. The summed E-state index contributed by atoms with van der Waals surface area (Å²) in [6.45, 7) is 0. The third-order valence-electron chi connectivity index (χ3n) is 2.41. The highest BCUT2D eigenvalue weighted by Crippen LogP contribution is 2.35. The Bertz CT molecular complexity index is 647. The first-order valence-corrected chi connectivity index (χ1v) is 6.87. The molecule has 0 unspecified atom stereocenters. The van der Waals surface area contributed by atoms with Gasteiger partial charge in [-0.25, -0.2) is 0 Å². The maximum absolute atomic E-state index is 11.0. The van der Waals surface area contributed by atoms with Crippen molar-refractivity contribution in [2.75, 3.05) is 5.73 Å². The van der Waals surface area contributed by atoms with Crippen molar-refractivity contribution in [1.82, 2.24) is 0 Å². The molecule has 19 heavy (non-hydrogen) atoms. The number of nitrogens with two attached hydrogens (primary N) is 2. The number of carbonyl (C=O) groups excluding carboxylic acids is 1. The van der Waals surface area contributed by atoms with Crippen molar-refractivity contribution >= 4 is 46.6 Å². The van der Waals surface area contributed by atoms with E-state index >= 15 is 0 Å². The Kier molecular flexibility index (Phi) is 4.24. The van der Waals surface area contributed by atoms with E-state index in [4.69, 9.17) is 34.7 Å². The fourth-order valence-corrected chi connectivity index (χ4v) is 2.70. The van der Waals surface area contributed by atoms with E-state index in [1.54, 1.807) is 30.3 Å². The van der Waals surface area contributed by atoms with E-state index in [1.165, 1.54) is 11.8 Å². The zero-order valence-corrected chi connectivity index (χ0v) is 12.0. The number of carbonyl (C=O) groups is 1. The zero-order chi connectivity index (χ0) is 14.0. The molecule has 0 aliphatic carbocycles. The molecule has 0 aromatic heterocycles. The Morgan fingerprint density at radius 2 is 1.79 bits per heavy atom. The fourth-order valence-electron chi connectivity index (χ4n) is 1.46. The van der Waals surface area contributed by atoms with Crippen molar-refractivity contribution < 1.29 is 4.79 Å². The molecule has 6 heteroatoms. The van der Waals surface area contributed by atoms with Crippen LogP contribution in [0.15, 0.2) is 46.2 Å². The molecule has 0 aliphatic heterocycles. The summed E-state index contributed by atoms with van der Waals surface area (Å²) in [5, 5.41) is 0.988. The van der Waals surface area contributed by atoms with E-state index in [2.05, 4.69) is 0 Å². The SMILES string of the molecule is NC(=O)c1ccc(Sc2ccc(Cl)c(Cl)c2)c(N)c1. The topological polar surface area (TPSA) is 69.1 Å². The number of amides is 1. The smallest absolute Gasteiger partial charge is 0.248 e. The van der Waals surface area contributed by atoms with E-state index in [0.29, 0.717) is 21.3 Å². The van der Waals surface area contributed by atoms with Crippen molar-refractivity contribution in [1.29, 1.82) is 0 Å². The Morgan fingerprint density at radius 3 is 2.37 bits per heavy atom. The normalized spacial score (nSPS) is 10.4. The van der Waals surface area contributed by atoms with Gasteiger partial charge in [-0.1, -0.05) is 35.0 Å². The standard InChI is InChI=1S/C13H10Cl2N2OS/c14-9-3-2-8(6-10(9)15)19-12-4-1-7(13(17)18)5-11(12)16/h1-6H,16H2,(H2,17,18). The number of halogens is 2. The Morgan fingerprint density at radius 1 is 1.05 bits per heavy atom. The second-order valence-electron chi connectivity index (χ2n) is 3.79. The van der Waals surface area contributed by atoms with Gasteiger partial charge in [-0.15, -0.1) is 0 Å². The molecule has 0 radical (unpaired) electrons. The van der Waals surface area contributed by atoms with Gasteiger partial charge in [0.2, 0.25) is 5.91 Å². The van der Waals surface area contributed by atoms with Gasteiger partial charge in [0.15, 0.2) is 0 Å². The van der Waals surface area contributed by atoms with E-state index in [0.717, 1.165) is 9.79 Å². The lowest BCUT2D eigenvalue weighted by Crippen LogP contribution is -2.11. The lowest BCUT2D eigenvalue weighted by atomic mass is 10.2. The first kappa shape index (κ1) is 14.1. The minimum Gasteiger partial charge on any atom is -0.398 e. The molecule has 2 aromatic rings. The van der Waals surface area contributed by atoms with Crippen LogP contribution < -0.4 is 11.5 Å². The molecule has 4 N–H and O–H groups in total. The summed E-state index contributed by atoms with van der Waals surface area (Å²) in [7, 11) is 0. The second kappa shape index (κ2) is 5.74. The van der Waals surface area contributed by atoms with Crippen LogP contribution in [0.1, 0.15) is 10.4 Å². The summed E-state index contributed by atoms with van der Waals surface area (Å²) in [5.41, 5.74) is 12.0.